The highest BCUT2D eigenvalue weighted by Gasteiger charge is 1.99. The summed E-state index contributed by atoms with van der Waals surface area (Å²) in [6.07, 6.45) is 2.83. The van der Waals surface area contributed by atoms with Crippen LogP contribution in [0.15, 0.2) is 36.5 Å². The van der Waals surface area contributed by atoms with E-state index in [0.717, 1.165) is 24.3 Å². The molecule has 0 atom stereocenters. The highest BCUT2D eigenvalue weighted by atomic mass is 35.5. The molecule has 18 heavy (non-hydrogen) atoms. The zero-order valence-electron chi connectivity index (χ0n) is 10.1. The van der Waals surface area contributed by atoms with Gasteiger partial charge >= 0.3 is 0 Å². The van der Waals surface area contributed by atoms with Crippen LogP contribution in [0.2, 0.25) is 10.0 Å². The third-order valence-corrected chi connectivity index (χ3v) is 3.37. The van der Waals surface area contributed by atoms with Gasteiger partial charge in [0, 0.05) is 24.1 Å². The summed E-state index contributed by atoms with van der Waals surface area (Å²) in [7, 11) is 0. The van der Waals surface area contributed by atoms with Gasteiger partial charge in [-0.25, -0.2) is 0 Å². The molecule has 2 rings (SSSR count). The molecule has 0 spiro atoms. The van der Waals surface area contributed by atoms with Crippen LogP contribution < -0.4 is 5.32 Å². The minimum Gasteiger partial charge on any atom is -0.385 e. The van der Waals surface area contributed by atoms with Gasteiger partial charge in [0.2, 0.25) is 0 Å². The van der Waals surface area contributed by atoms with Crippen LogP contribution in [0.1, 0.15) is 11.3 Å². The fraction of sp³-hybridized carbons (Fsp3) is 0.214. The minimum atomic E-state index is 0.568. The first kappa shape index (κ1) is 13.2. The van der Waals surface area contributed by atoms with E-state index in [4.69, 9.17) is 23.2 Å². The first-order chi connectivity index (χ1) is 8.65. The van der Waals surface area contributed by atoms with Crippen molar-refractivity contribution >= 4 is 28.9 Å². The van der Waals surface area contributed by atoms with Gasteiger partial charge in [-0.2, -0.15) is 0 Å². The maximum Gasteiger partial charge on any atom is 0.0612 e. The lowest BCUT2D eigenvalue weighted by molar-refractivity contribution is 0.997. The average molecular weight is 281 g/mol. The highest BCUT2D eigenvalue weighted by molar-refractivity contribution is 6.42. The molecule has 0 saturated carbocycles. The SMILES string of the molecule is Cc1ccc(CCNc2ccc(Cl)c(Cl)c2)cn1. The summed E-state index contributed by atoms with van der Waals surface area (Å²) in [4.78, 5) is 4.26. The number of nitrogens with one attached hydrogen (secondary N) is 1. The molecule has 4 heteroatoms. The van der Waals surface area contributed by atoms with Gasteiger partial charge in [-0.1, -0.05) is 29.3 Å². The standard InChI is InChI=1S/C14H14Cl2N2/c1-10-2-3-11(9-18-10)6-7-17-12-4-5-13(15)14(16)8-12/h2-5,8-9,17H,6-7H2,1H3. The molecule has 0 aliphatic carbocycles. The largest absolute Gasteiger partial charge is 0.385 e. The molecule has 1 N–H and O–H groups in total. The summed E-state index contributed by atoms with van der Waals surface area (Å²) in [5.74, 6) is 0. The third kappa shape index (κ3) is 3.62. The van der Waals surface area contributed by atoms with Crippen LogP contribution in [-0.4, -0.2) is 11.5 Å². The highest BCUT2D eigenvalue weighted by Crippen LogP contribution is 2.24. The topological polar surface area (TPSA) is 24.9 Å². The van der Waals surface area contributed by atoms with E-state index in [9.17, 15) is 0 Å². The summed E-state index contributed by atoms with van der Waals surface area (Å²) >= 11 is 11.8. The number of halogens is 2. The summed E-state index contributed by atoms with van der Waals surface area (Å²) in [6.45, 7) is 2.82. The second-order valence-electron chi connectivity index (χ2n) is 4.11. The van der Waals surface area contributed by atoms with Crippen LogP contribution in [0, 0.1) is 6.92 Å². The quantitative estimate of drug-likeness (QED) is 0.901. The molecule has 0 unspecified atom stereocenters. The molecular weight excluding hydrogens is 267 g/mol. The monoisotopic (exact) mass is 280 g/mol. The van der Waals surface area contributed by atoms with E-state index in [1.807, 2.05) is 31.3 Å². The maximum absolute atomic E-state index is 5.95. The number of rotatable bonds is 4. The smallest absolute Gasteiger partial charge is 0.0612 e. The molecule has 1 heterocycles. The molecule has 0 radical (unpaired) electrons. The Bertz CT molecular complexity index is 524. The molecule has 94 valence electrons. The zero-order chi connectivity index (χ0) is 13.0. The van der Waals surface area contributed by atoms with Crippen molar-refractivity contribution in [2.45, 2.75) is 13.3 Å². The number of hydrogen-bond donors (Lipinski definition) is 1. The number of pyridine rings is 1. The van der Waals surface area contributed by atoms with Crippen molar-refractivity contribution in [1.82, 2.24) is 4.98 Å². The summed E-state index contributed by atoms with van der Waals surface area (Å²) in [5, 5.41) is 4.45. The van der Waals surface area contributed by atoms with E-state index in [-0.39, 0.29) is 0 Å². The van der Waals surface area contributed by atoms with Gasteiger partial charge in [0.15, 0.2) is 0 Å². The second-order valence-corrected chi connectivity index (χ2v) is 4.93. The third-order valence-electron chi connectivity index (χ3n) is 2.64. The van der Waals surface area contributed by atoms with Gasteiger partial charge in [0.05, 0.1) is 10.0 Å². The molecule has 2 aromatic rings. The van der Waals surface area contributed by atoms with Crippen molar-refractivity contribution in [1.29, 1.82) is 0 Å². The fourth-order valence-corrected chi connectivity index (χ4v) is 1.90. The van der Waals surface area contributed by atoms with Crippen LogP contribution in [0.4, 0.5) is 5.69 Å². The molecule has 0 aliphatic heterocycles. The Balaban J connectivity index is 1.88. The van der Waals surface area contributed by atoms with Crippen molar-refractivity contribution in [3.05, 3.63) is 57.8 Å². The summed E-state index contributed by atoms with van der Waals surface area (Å²) < 4.78 is 0. The van der Waals surface area contributed by atoms with Crippen LogP contribution in [-0.2, 0) is 6.42 Å². The van der Waals surface area contributed by atoms with Crippen molar-refractivity contribution in [2.24, 2.45) is 0 Å². The van der Waals surface area contributed by atoms with Gasteiger partial charge < -0.3 is 5.32 Å². The molecule has 1 aromatic heterocycles. The van der Waals surface area contributed by atoms with Crippen molar-refractivity contribution in [3.63, 3.8) is 0 Å². The lowest BCUT2D eigenvalue weighted by Crippen LogP contribution is -2.05. The van der Waals surface area contributed by atoms with Gasteiger partial charge in [-0.3, -0.25) is 4.98 Å². The normalized spacial score (nSPS) is 10.4. The van der Waals surface area contributed by atoms with Crippen LogP contribution in [0.5, 0.6) is 0 Å². The molecule has 0 saturated heterocycles. The Morgan fingerprint density at radius 1 is 1.11 bits per heavy atom. The fourth-order valence-electron chi connectivity index (χ4n) is 1.60. The first-order valence-electron chi connectivity index (χ1n) is 5.75. The number of nitrogens with zero attached hydrogens (tertiary/aromatic N) is 1. The van der Waals surface area contributed by atoms with Crippen molar-refractivity contribution < 1.29 is 0 Å². The van der Waals surface area contributed by atoms with Gasteiger partial charge in [0.1, 0.15) is 0 Å². The van der Waals surface area contributed by atoms with E-state index in [1.165, 1.54) is 5.56 Å². The molecule has 0 fully saturated rings. The number of anilines is 1. The molecule has 0 aliphatic rings. The van der Waals surface area contributed by atoms with E-state index in [2.05, 4.69) is 16.4 Å². The predicted molar refractivity (Wildman–Crippen MR) is 77.6 cm³/mol. The Hall–Kier alpha value is -1.25. The Morgan fingerprint density at radius 3 is 2.61 bits per heavy atom. The number of aryl methyl sites for hydroxylation is 1. The van der Waals surface area contributed by atoms with E-state index in [1.54, 1.807) is 6.07 Å². The summed E-state index contributed by atoms with van der Waals surface area (Å²) in [6, 6.07) is 9.66. The number of hydrogen-bond acceptors (Lipinski definition) is 2. The van der Waals surface area contributed by atoms with Crippen molar-refractivity contribution in [2.75, 3.05) is 11.9 Å². The number of benzene rings is 1. The van der Waals surface area contributed by atoms with E-state index >= 15 is 0 Å². The summed E-state index contributed by atoms with van der Waals surface area (Å²) in [5.41, 5.74) is 3.23. The lowest BCUT2D eigenvalue weighted by atomic mass is 10.2. The van der Waals surface area contributed by atoms with E-state index in [0.29, 0.717) is 10.0 Å². The predicted octanol–water partition coefficient (Wildman–Crippen LogP) is 4.35. The lowest BCUT2D eigenvalue weighted by Gasteiger charge is -2.07. The molecule has 1 aromatic carbocycles. The molecule has 0 bridgehead atoms. The average Bonchev–Trinajstić information content (AvgIpc) is 2.36. The Labute approximate surface area is 117 Å². The molecular formula is C14H14Cl2N2. The van der Waals surface area contributed by atoms with Gasteiger partial charge in [-0.05, 0) is 43.2 Å². The Morgan fingerprint density at radius 2 is 1.94 bits per heavy atom. The maximum atomic E-state index is 5.95. The minimum absolute atomic E-state index is 0.568. The van der Waals surface area contributed by atoms with E-state index < -0.39 is 0 Å². The van der Waals surface area contributed by atoms with Crippen LogP contribution in [0.25, 0.3) is 0 Å². The van der Waals surface area contributed by atoms with Gasteiger partial charge in [0.25, 0.3) is 0 Å². The first-order valence-corrected chi connectivity index (χ1v) is 6.51. The second kappa shape index (κ2) is 6.07. The molecule has 2 nitrogen and oxygen atoms in total. The molecule has 0 amide bonds. The van der Waals surface area contributed by atoms with Crippen LogP contribution in [0.3, 0.4) is 0 Å². The van der Waals surface area contributed by atoms with Crippen LogP contribution >= 0.6 is 23.2 Å². The van der Waals surface area contributed by atoms with Gasteiger partial charge in [-0.15, -0.1) is 0 Å². The zero-order valence-corrected chi connectivity index (χ0v) is 11.6. The van der Waals surface area contributed by atoms with Crippen molar-refractivity contribution in [3.8, 4) is 0 Å². The Kier molecular flexibility index (Phi) is 4.45. The number of aromatic nitrogens is 1.